The second-order valence-electron chi connectivity index (χ2n) is 8.00. The second kappa shape index (κ2) is 8.31. The topological polar surface area (TPSA) is 102 Å². The predicted octanol–water partition coefficient (Wildman–Crippen LogP) is 2.61. The van der Waals surface area contributed by atoms with Crippen molar-refractivity contribution in [3.63, 3.8) is 0 Å². The molecule has 0 bridgehead atoms. The van der Waals surface area contributed by atoms with Gasteiger partial charge < -0.3 is 14.8 Å². The summed E-state index contributed by atoms with van der Waals surface area (Å²) >= 11 is -1.87. The first kappa shape index (κ1) is 20.7. The van der Waals surface area contributed by atoms with Crippen LogP contribution in [0, 0.1) is 13.8 Å². The molecule has 9 heteroatoms. The first-order chi connectivity index (χ1) is 14.3. The van der Waals surface area contributed by atoms with E-state index in [1.54, 1.807) is 11.9 Å². The van der Waals surface area contributed by atoms with Crippen molar-refractivity contribution < 1.29 is 14.1 Å². The van der Waals surface area contributed by atoms with E-state index in [0.29, 0.717) is 5.69 Å². The van der Waals surface area contributed by atoms with E-state index in [1.165, 1.54) is 16.3 Å². The number of aromatic nitrogens is 2. The number of nitrogens with one attached hydrogen (secondary N) is 2. The van der Waals surface area contributed by atoms with E-state index in [-0.39, 0.29) is 10.9 Å². The van der Waals surface area contributed by atoms with Gasteiger partial charge in [-0.15, -0.1) is 9.82 Å². The molecule has 1 aliphatic carbocycles. The van der Waals surface area contributed by atoms with Gasteiger partial charge in [-0.3, -0.25) is 9.48 Å². The summed E-state index contributed by atoms with van der Waals surface area (Å²) < 4.78 is 16.6. The molecule has 1 aromatic carbocycles. The van der Waals surface area contributed by atoms with Gasteiger partial charge in [0, 0.05) is 31.9 Å². The number of likely N-dealkylation sites (tertiary alicyclic amines) is 1. The first-order valence-corrected chi connectivity index (χ1v) is 11.4. The van der Waals surface area contributed by atoms with E-state index in [0.717, 1.165) is 67.6 Å². The minimum absolute atomic E-state index is 0.124. The summed E-state index contributed by atoms with van der Waals surface area (Å²) in [6.45, 7) is 5.46. The van der Waals surface area contributed by atoms with Gasteiger partial charge in [0.05, 0.1) is 0 Å². The maximum absolute atomic E-state index is 12.7. The third-order valence-electron chi connectivity index (χ3n) is 6.00. The second-order valence-corrected chi connectivity index (χ2v) is 9.16. The normalized spacial score (nSPS) is 16.5. The Balaban J connectivity index is 1.46. The minimum atomic E-state index is -1.87. The maximum atomic E-state index is 12.7. The van der Waals surface area contributed by atoms with Crippen LogP contribution in [0.1, 0.15) is 52.0 Å². The van der Waals surface area contributed by atoms with Gasteiger partial charge in [-0.05, 0) is 68.2 Å². The van der Waals surface area contributed by atoms with Crippen LogP contribution in [0.3, 0.4) is 0 Å². The molecule has 3 amide bonds. The third-order valence-corrected chi connectivity index (χ3v) is 6.95. The van der Waals surface area contributed by atoms with Crippen molar-refractivity contribution in [1.29, 1.82) is 0 Å². The predicted molar refractivity (Wildman–Crippen MR) is 115 cm³/mol. The average Bonchev–Trinajstić information content (AvgIpc) is 3.45. The fourth-order valence-corrected chi connectivity index (χ4v) is 5.00. The first-order valence-electron chi connectivity index (χ1n) is 10.3. The zero-order chi connectivity index (χ0) is 21.4. The largest absolute Gasteiger partial charge is 0.586 e. The highest BCUT2D eigenvalue weighted by atomic mass is 32.2. The van der Waals surface area contributed by atoms with E-state index in [4.69, 9.17) is 0 Å². The van der Waals surface area contributed by atoms with Crippen LogP contribution >= 0.6 is 0 Å². The Labute approximate surface area is 179 Å². The van der Waals surface area contributed by atoms with Crippen molar-refractivity contribution in [2.75, 3.05) is 18.4 Å². The van der Waals surface area contributed by atoms with Gasteiger partial charge in [-0.25, -0.2) is 4.79 Å². The number of fused-ring (bicyclic) bond motifs is 1. The number of benzene rings is 1. The number of rotatable bonds is 4. The number of anilines is 1. The number of hydrogen-bond donors (Lipinski definition) is 2. The lowest BCUT2D eigenvalue weighted by atomic mass is 9.99. The summed E-state index contributed by atoms with van der Waals surface area (Å²) in [5, 5.41) is 7.22. The molecule has 0 saturated carbocycles. The van der Waals surface area contributed by atoms with Gasteiger partial charge in [0.2, 0.25) is 0 Å². The molecule has 2 heterocycles. The lowest BCUT2D eigenvalue weighted by molar-refractivity contribution is 0.0782. The Morgan fingerprint density at radius 2 is 1.87 bits per heavy atom. The molecule has 8 nitrogen and oxygen atoms in total. The van der Waals surface area contributed by atoms with Crippen LogP contribution in [0.15, 0.2) is 17.2 Å². The Bertz CT molecular complexity index is 997. The monoisotopic (exact) mass is 429 g/mol. The molecule has 1 aromatic heterocycles. The Morgan fingerprint density at radius 3 is 2.60 bits per heavy atom. The number of nitrogens with zero attached hydrogens (tertiary/aromatic N) is 3. The highest BCUT2D eigenvalue weighted by Crippen LogP contribution is 2.33. The zero-order valence-corrected chi connectivity index (χ0v) is 18.4. The molecule has 160 valence electrons. The van der Waals surface area contributed by atoms with Crippen molar-refractivity contribution in [3.05, 3.63) is 40.1 Å². The quantitative estimate of drug-likeness (QED) is 0.729. The summed E-state index contributed by atoms with van der Waals surface area (Å²) in [4.78, 5) is 26.9. The van der Waals surface area contributed by atoms with Crippen LogP contribution < -0.4 is 10.0 Å². The van der Waals surface area contributed by atoms with E-state index in [1.807, 2.05) is 13.8 Å². The summed E-state index contributed by atoms with van der Waals surface area (Å²) in [5.74, 6) is -0.124. The molecular formula is C21H27N5O3S. The fraction of sp³-hybridized carbons (Fsp3) is 0.476. The molecule has 4 rings (SSSR count). The molecule has 30 heavy (non-hydrogen) atoms. The third kappa shape index (κ3) is 3.91. The maximum Gasteiger partial charge on any atom is 0.361 e. The molecule has 1 fully saturated rings. The molecule has 2 aromatic rings. The van der Waals surface area contributed by atoms with Crippen LogP contribution in [0.2, 0.25) is 0 Å². The highest BCUT2D eigenvalue weighted by Gasteiger charge is 2.28. The molecule has 1 atom stereocenters. The van der Waals surface area contributed by atoms with Gasteiger partial charge in [-0.1, -0.05) is 6.07 Å². The zero-order valence-electron chi connectivity index (χ0n) is 17.6. The number of aryl methyl sites for hydroxylation is 3. The van der Waals surface area contributed by atoms with Crippen LogP contribution in [0.4, 0.5) is 10.5 Å². The number of carbonyl (C=O) groups excluding carboxylic acids is 2. The van der Waals surface area contributed by atoms with Crippen molar-refractivity contribution >= 4 is 29.0 Å². The number of hydrogen-bond acceptors (Lipinski definition) is 4. The molecule has 2 N–H and O–H groups in total. The van der Waals surface area contributed by atoms with Crippen LogP contribution in [0.25, 0.3) is 0 Å². The van der Waals surface area contributed by atoms with Gasteiger partial charge in [-0.2, -0.15) is 0 Å². The molecule has 1 aliphatic heterocycles. The van der Waals surface area contributed by atoms with E-state index in [2.05, 4.69) is 21.2 Å². The molecule has 0 spiro atoms. The van der Waals surface area contributed by atoms with E-state index < -0.39 is 17.4 Å². The van der Waals surface area contributed by atoms with Crippen LogP contribution in [-0.4, -0.2) is 44.3 Å². The Morgan fingerprint density at radius 1 is 1.13 bits per heavy atom. The van der Waals surface area contributed by atoms with Crippen molar-refractivity contribution in [1.82, 2.24) is 19.4 Å². The summed E-state index contributed by atoms with van der Waals surface area (Å²) in [5.41, 5.74) is 5.76. The SMILES string of the molecule is Cc1cc2c(c(NC(=O)N[S+]([O-])c3cc(C(=O)N4CCCC4)n(C)n3)c1C)CCC2. The number of amides is 3. The lowest BCUT2D eigenvalue weighted by Gasteiger charge is -2.16. The van der Waals surface area contributed by atoms with Crippen LogP contribution in [-0.2, 0) is 31.3 Å². The van der Waals surface area contributed by atoms with Crippen molar-refractivity contribution in [3.8, 4) is 0 Å². The molecule has 1 unspecified atom stereocenters. The molecule has 1 saturated heterocycles. The van der Waals surface area contributed by atoms with Crippen LogP contribution in [0.5, 0.6) is 0 Å². The number of carbonyl (C=O) groups is 2. The average molecular weight is 430 g/mol. The fourth-order valence-electron chi connectivity index (χ4n) is 4.26. The number of urea groups is 1. The lowest BCUT2D eigenvalue weighted by Crippen LogP contribution is -2.35. The van der Waals surface area contributed by atoms with E-state index in [9.17, 15) is 14.1 Å². The molecule has 2 aliphatic rings. The van der Waals surface area contributed by atoms with Gasteiger partial charge in [0.15, 0.2) is 0 Å². The van der Waals surface area contributed by atoms with Crippen molar-refractivity contribution in [2.45, 2.75) is 51.0 Å². The van der Waals surface area contributed by atoms with Gasteiger partial charge in [0.1, 0.15) is 17.1 Å². The summed E-state index contributed by atoms with van der Waals surface area (Å²) in [6.07, 6.45) is 5.00. The Hall–Kier alpha value is -2.52. The summed E-state index contributed by atoms with van der Waals surface area (Å²) in [6, 6.07) is 3.13. The van der Waals surface area contributed by atoms with E-state index >= 15 is 0 Å². The molecule has 0 radical (unpaired) electrons. The standard InChI is InChI=1S/C21H27N5O3S/c1-13-11-15-7-6-8-16(15)19(14(13)2)22-21(28)24-30(29)18-12-17(25(3)23-18)20(27)26-9-4-5-10-26/h11-12H,4-10H2,1-3H3,(H2,22,24,28). The highest BCUT2D eigenvalue weighted by molar-refractivity contribution is 7.90. The minimum Gasteiger partial charge on any atom is -0.586 e. The molecular weight excluding hydrogens is 402 g/mol. The summed E-state index contributed by atoms with van der Waals surface area (Å²) in [7, 11) is 1.64. The van der Waals surface area contributed by atoms with Gasteiger partial charge in [0.25, 0.3) is 10.9 Å². The smallest absolute Gasteiger partial charge is 0.361 e. The van der Waals surface area contributed by atoms with Gasteiger partial charge >= 0.3 is 6.03 Å². The van der Waals surface area contributed by atoms with Crippen molar-refractivity contribution in [2.24, 2.45) is 7.05 Å². The Kier molecular flexibility index (Phi) is 5.75.